The molecule has 0 bridgehead atoms. The van der Waals surface area contributed by atoms with Crippen LogP contribution in [-0.2, 0) is 24.1 Å². The monoisotopic (exact) mass is 527 g/mol. The number of likely N-dealkylation sites (tertiary alicyclic amines) is 1. The molecule has 1 aliphatic heterocycles. The quantitative estimate of drug-likeness (QED) is 0.193. The van der Waals surface area contributed by atoms with Gasteiger partial charge < -0.3 is 9.80 Å². The van der Waals surface area contributed by atoms with Crippen molar-refractivity contribution in [3.05, 3.63) is 28.3 Å². The molecule has 0 amide bonds. The molecule has 0 spiro atoms. The first kappa shape index (κ1) is 25.0. The summed E-state index contributed by atoms with van der Waals surface area (Å²) in [6.07, 6.45) is 1.82. The number of halogens is 1. The van der Waals surface area contributed by atoms with Gasteiger partial charge in [0.15, 0.2) is 9.84 Å². The lowest BCUT2D eigenvalue weighted by atomic mass is 10.1. The van der Waals surface area contributed by atoms with Gasteiger partial charge in [-0.25, -0.2) is 8.42 Å². The summed E-state index contributed by atoms with van der Waals surface area (Å²) in [6.45, 7) is 1.55. The molecule has 1 aromatic rings. The maximum atomic E-state index is 13.4. The fourth-order valence-electron chi connectivity index (χ4n) is 3.33. The first-order chi connectivity index (χ1) is 14.0. The Labute approximate surface area is 185 Å². The van der Waals surface area contributed by atoms with Crippen LogP contribution < -0.4 is 4.90 Å². The highest BCUT2D eigenvalue weighted by atomic mass is 79.9. The van der Waals surface area contributed by atoms with E-state index >= 15 is 0 Å². The van der Waals surface area contributed by atoms with Crippen molar-refractivity contribution >= 4 is 47.3 Å². The predicted molar refractivity (Wildman–Crippen MR) is 118 cm³/mol. The number of anilines is 1. The van der Waals surface area contributed by atoms with Gasteiger partial charge in [-0.15, -0.1) is 0 Å². The first-order valence-corrected chi connectivity index (χ1v) is 13.8. The largest absolute Gasteiger partial charge is 0.367 e. The molecule has 1 aromatic carbocycles. The van der Waals surface area contributed by atoms with Gasteiger partial charge in [-0.3, -0.25) is 14.3 Å². The third-order valence-corrected chi connectivity index (χ3v) is 8.16. The minimum Gasteiger partial charge on any atom is -0.367 e. The number of nitro groups is 1. The van der Waals surface area contributed by atoms with Crippen LogP contribution in [0.2, 0.25) is 0 Å². The fourth-order valence-corrected chi connectivity index (χ4v) is 6.10. The van der Waals surface area contributed by atoms with Crippen LogP contribution >= 0.6 is 15.9 Å². The van der Waals surface area contributed by atoms with Crippen molar-refractivity contribution in [2.24, 2.45) is 0 Å². The molecule has 0 atom stereocenters. The Balaban J connectivity index is 2.45. The molecule has 30 heavy (non-hydrogen) atoms. The number of nitrogens with zero attached hydrogens (tertiary/aromatic N) is 3. The summed E-state index contributed by atoms with van der Waals surface area (Å²) >= 11 is 3.31. The Kier molecular flexibility index (Phi) is 8.62. The number of benzene rings is 1. The topological polar surface area (TPSA) is 127 Å². The number of alkyl halides is 1. The predicted octanol–water partition coefficient (Wildman–Crippen LogP) is 1.64. The lowest BCUT2D eigenvalue weighted by molar-refractivity contribution is -0.385. The van der Waals surface area contributed by atoms with Crippen LogP contribution in [0.3, 0.4) is 0 Å². The Morgan fingerprint density at radius 1 is 1.23 bits per heavy atom. The summed E-state index contributed by atoms with van der Waals surface area (Å²) in [5.41, 5.74) is -0.00694. The van der Waals surface area contributed by atoms with E-state index in [4.69, 9.17) is 4.18 Å². The van der Waals surface area contributed by atoms with Crippen LogP contribution in [0.4, 0.5) is 11.4 Å². The number of sulfone groups is 1. The number of piperidine rings is 1. The minimum absolute atomic E-state index is 0.104. The Morgan fingerprint density at radius 3 is 2.40 bits per heavy atom. The highest BCUT2D eigenvalue weighted by Gasteiger charge is 2.34. The molecule has 0 radical (unpaired) electrons. The molecule has 0 saturated carbocycles. The van der Waals surface area contributed by atoms with E-state index in [0.717, 1.165) is 12.3 Å². The van der Waals surface area contributed by atoms with E-state index in [-0.39, 0.29) is 23.7 Å². The van der Waals surface area contributed by atoms with Crippen LogP contribution in [0.1, 0.15) is 12.8 Å². The molecular formula is C17H26BrN3O7S2. The van der Waals surface area contributed by atoms with Gasteiger partial charge in [-0.05, 0) is 39.0 Å². The van der Waals surface area contributed by atoms with Crippen LogP contribution in [0.5, 0.6) is 0 Å². The van der Waals surface area contributed by atoms with Gasteiger partial charge in [-0.2, -0.15) is 8.42 Å². The second kappa shape index (κ2) is 10.4. The van der Waals surface area contributed by atoms with E-state index in [1.807, 2.05) is 11.9 Å². The second-order valence-electron chi connectivity index (χ2n) is 7.16. The van der Waals surface area contributed by atoms with Gasteiger partial charge in [0.25, 0.3) is 15.8 Å². The Bertz CT molecular complexity index is 962. The van der Waals surface area contributed by atoms with Gasteiger partial charge in [0.1, 0.15) is 0 Å². The highest BCUT2D eigenvalue weighted by Crippen LogP contribution is 2.34. The van der Waals surface area contributed by atoms with Gasteiger partial charge in [0, 0.05) is 30.6 Å². The molecular weight excluding hydrogens is 502 g/mol. The maximum absolute atomic E-state index is 13.4. The summed E-state index contributed by atoms with van der Waals surface area (Å²) in [6, 6.07) is 3.76. The minimum atomic E-state index is -3.84. The van der Waals surface area contributed by atoms with Gasteiger partial charge in [0.05, 0.1) is 33.6 Å². The van der Waals surface area contributed by atoms with E-state index in [2.05, 4.69) is 15.9 Å². The van der Waals surface area contributed by atoms with E-state index in [1.54, 1.807) is 4.90 Å². The highest BCUT2D eigenvalue weighted by molar-refractivity contribution is 9.09. The van der Waals surface area contributed by atoms with E-state index in [9.17, 15) is 26.9 Å². The van der Waals surface area contributed by atoms with E-state index < -0.39 is 30.1 Å². The number of nitro benzene ring substituents is 1. The zero-order valence-electron chi connectivity index (χ0n) is 16.9. The molecule has 1 saturated heterocycles. The summed E-state index contributed by atoms with van der Waals surface area (Å²) in [4.78, 5) is 14.3. The van der Waals surface area contributed by atoms with E-state index in [1.165, 1.54) is 12.1 Å². The lowest BCUT2D eigenvalue weighted by Gasteiger charge is -2.31. The zero-order chi connectivity index (χ0) is 22.5. The molecule has 10 nitrogen and oxygen atoms in total. The summed E-state index contributed by atoms with van der Waals surface area (Å²) in [5, 5.41) is 11.1. The van der Waals surface area contributed by atoms with Crippen molar-refractivity contribution < 1.29 is 25.9 Å². The molecule has 0 unspecified atom stereocenters. The van der Waals surface area contributed by atoms with Gasteiger partial charge >= 0.3 is 0 Å². The Morgan fingerprint density at radius 2 is 1.87 bits per heavy atom. The number of non-ortho nitro benzene ring substituents is 1. The average Bonchev–Trinajstić information content (AvgIpc) is 2.66. The third kappa shape index (κ3) is 6.61. The molecule has 170 valence electrons. The van der Waals surface area contributed by atoms with Crippen molar-refractivity contribution in [3.63, 3.8) is 0 Å². The summed E-state index contributed by atoms with van der Waals surface area (Å²) in [5.74, 6) is 0. The molecule has 2 rings (SSSR count). The molecule has 0 N–H and O–H groups in total. The van der Waals surface area contributed by atoms with Crippen LogP contribution in [-0.4, -0.2) is 83.3 Å². The average molecular weight is 528 g/mol. The Hall–Kier alpha value is -1.28. The lowest BCUT2D eigenvalue weighted by Crippen LogP contribution is -2.38. The SMILES string of the molecule is CN1CCC(S(=O)(=O)c2cc([N+](=O)[O-])ccc2N(CCBr)CCOS(C)(=O)=O)CC1. The molecule has 0 aliphatic carbocycles. The van der Waals surface area contributed by atoms with Crippen LogP contribution in [0, 0.1) is 10.1 Å². The number of rotatable bonds is 10. The maximum Gasteiger partial charge on any atom is 0.270 e. The van der Waals surface area contributed by atoms with Gasteiger partial charge in [-0.1, -0.05) is 15.9 Å². The van der Waals surface area contributed by atoms with E-state index in [0.29, 0.717) is 43.5 Å². The third-order valence-electron chi connectivity index (χ3n) is 4.92. The first-order valence-electron chi connectivity index (χ1n) is 9.32. The molecule has 1 fully saturated rings. The van der Waals surface area contributed by atoms with Crippen molar-refractivity contribution in [2.45, 2.75) is 23.0 Å². The van der Waals surface area contributed by atoms with Crippen LogP contribution in [0.25, 0.3) is 0 Å². The van der Waals surface area contributed by atoms with Gasteiger partial charge in [0.2, 0.25) is 0 Å². The second-order valence-corrected chi connectivity index (χ2v) is 11.8. The van der Waals surface area contributed by atoms with Crippen molar-refractivity contribution in [1.29, 1.82) is 0 Å². The number of hydrogen-bond donors (Lipinski definition) is 0. The number of hydrogen-bond acceptors (Lipinski definition) is 9. The molecule has 0 aromatic heterocycles. The van der Waals surface area contributed by atoms with Crippen molar-refractivity contribution in [2.75, 3.05) is 56.3 Å². The normalized spacial score (nSPS) is 16.5. The molecule has 1 aliphatic rings. The summed E-state index contributed by atoms with van der Waals surface area (Å²) in [7, 11) is -5.56. The standard InChI is InChI=1S/C17H26BrN3O7S2/c1-19-8-5-15(6-9-19)30(26,27)17-13-14(21(22)23)3-4-16(17)20(10-7-18)11-12-28-29(2,24)25/h3-4,13,15H,5-12H2,1-2H3. The summed E-state index contributed by atoms with van der Waals surface area (Å²) < 4.78 is 54.2. The van der Waals surface area contributed by atoms with Crippen molar-refractivity contribution in [3.8, 4) is 0 Å². The fraction of sp³-hybridized carbons (Fsp3) is 0.647. The zero-order valence-corrected chi connectivity index (χ0v) is 20.1. The molecule has 13 heteroatoms. The van der Waals surface area contributed by atoms with Crippen LogP contribution in [0.15, 0.2) is 23.1 Å². The van der Waals surface area contributed by atoms with Crippen molar-refractivity contribution in [1.82, 2.24) is 4.90 Å². The molecule has 1 heterocycles. The smallest absolute Gasteiger partial charge is 0.270 e.